The smallest absolute Gasteiger partial charge is 0.325 e. The summed E-state index contributed by atoms with van der Waals surface area (Å²) in [6.45, 7) is -0.268. The molecule has 1 aliphatic heterocycles. The van der Waals surface area contributed by atoms with E-state index in [2.05, 4.69) is 15.7 Å². The Kier molecular flexibility index (Phi) is 3.26. The Labute approximate surface area is 102 Å². The van der Waals surface area contributed by atoms with Gasteiger partial charge in [0.15, 0.2) is 0 Å². The highest BCUT2D eigenvalue weighted by atomic mass is 16.4. The summed E-state index contributed by atoms with van der Waals surface area (Å²) in [5.41, 5.74) is 0.405. The van der Waals surface area contributed by atoms with Gasteiger partial charge in [-0.1, -0.05) is 0 Å². The van der Waals surface area contributed by atoms with Crippen LogP contribution < -0.4 is 10.6 Å². The SMILES string of the molecule is O=C(O)Cn1cc(NC(=O)[C@H]2CCC(=O)N2)cn1. The minimum absolute atomic E-state index is 0.142. The van der Waals surface area contributed by atoms with Gasteiger partial charge in [0.2, 0.25) is 11.8 Å². The van der Waals surface area contributed by atoms with E-state index in [1.54, 1.807) is 0 Å². The summed E-state index contributed by atoms with van der Waals surface area (Å²) < 4.78 is 1.20. The molecule has 1 fully saturated rings. The van der Waals surface area contributed by atoms with E-state index in [0.29, 0.717) is 18.5 Å². The second-order valence-corrected chi connectivity index (χ2v) is 3.97. The van der Waals surface area contributed by atoms with Gasteiger partial charge in [-0.05, 0) is 6.42 Å². The number of carbonyl (C=O) groups excluding carboxylic acids is 2. The van der Waals surface area contributed by atoms with E-state index in [0.717, 1.165) is 0 Å². The molecule has 1 aromatic rings. The molecule has 1 aromatic heterocycles. The lowest BCUT2D eigenvalue weighted by Crippen LogP contribution is -2.37. The van der Waals surface area contributed by atoms with Crippen LogP contribution in [0.4, 0.5) is 5.69 Å². The van der Waals surface area contributed by atoms with E-state index < -0.39 is 12.0 Å². The highest BCUT2D eigenvalue weighted by Crippen LogP contribution is 2.10. The van der Waals surface area contributed by atoms with Gasteiger partial charge in [0, 0.05) is 12.6 Å². The molecule has 1 saturated heterocycles. The molecule has 0 aliphatic carbocycles. The number of carboxylic acids is 1. The Morgan fingerprint density at radius 2 is 2.39 bits per heavy atom. The third kappa shape index (κ3) is 2.84. The van der Waals surface area contributed by atoms with E-state index in [4.69, 9.17) is 5.11 Å². The number of hydrogen-bond acceptors (Lipinski definition) is 4. The lowest BCUT2D eigenvalue weighted by atomic mass is 10.2. The van der Waals surface area contributed by atoms with Crippen molar-refractivity contribution in [3.8, 4) is 0 Å². The van der Waals surface area contributed by atoms with Crippen molar-refractivity contribution >= 4 is 23.5 Å². The number of rotatable bonds is 4. The standard InChI is InChI=1S/C10H12N4O4/c15-8-2-1-7(13-8)10(18)12-6-3-11-14(4-6)5-9(16)17/h3-4,7H,1-2,5H2,(H,12,18)(H,13,15)(H,16,17)/t7-/m1/s1. The average molecular weight is 252 g/mol. The van der Waals surface area contributed by atoms with Crippen LogP contribution in [0.1, 0.15) is 12.8 Å². The zero-order valence-electron chi connectivity index (χ0n) is 9.42. The van der Waals surface area contributed by atoms with Crippen molar-refractivity contribution in [3.63, 3.8) is 0 Å². The van der Waals surface area contributed by atoms with Gasteiger partial charge in [0.25, 0.3) is 0 Å². The van der Waals surface area contributed by atoms with E-state index in [1.807, 2.05) is 0 Å². The first-order valence-electron chi connectivity index (χ1n) is 5.39. The minimum atomic E-state index is -1.01. The normalized spacial score (nSPS) is 18.4. The van der Waals surface area contributed by atoms with Crippen LogP contribution in [-0.4, -0.2) is 38.7 Å². The van der Waals surface area contributed by atoms with Crippen LogP contribution in [-0.2, 0) is 20.9 Å². The Morgan fingerprint density at radius 1 is 1.61 bits per heavy atom. The number of carboxylic acid groups (broad SMARTS) is 1. The molecule has 18 heavy (non-hydrogen) atoms. The van der Waals surface area contributed by atoms with Gasteiger partial charge in [-0.15, -0.1) is 0 Å². The molecule has 8 heteroatoms. The minimum Gasteiger partial charge on any atom is -0.480 e. The Balaban J connectivity index is 1.93. The Morgan fingerprint density at radius 3 is 3.00 bits per heavy atom. The summed E-state index contributed by atoms with van der Waals surface area (Å²) >= 11 is 0. The van der Waals surface area contributed by atoms with Crippen LogP contribution in [0.3, 0.4) is 0 Å². The molecular weight excluding hydrogens is 240 g/mol. The maximum Gasteiger partial charge on any atom is 0.325 e. The molecule has 1 aliphatic rings. The molecule has 0 radical (unpaired) electrons. The van der Waals surface area contributed by atoms with Gasteiger partial charge in [-0.3, -0.25) is 19.1 Å². The summed E-state index contributed by atoms with van der Waals surface area (Å²) in [6, 6.07) is -0.527. The number of aliphatic carboxylic acids is 1. The molecule has 0 bridgehead atoms. The maximum atomic E-state index is 11.7. The second kappa shape index (κ2) is 4.86. The summed E-state index contributed by atoms with van der Waals surface area (Å²) in [5, 5.41) is 17.5. The quantitative estimate of drug-likeness (QED) is 0.648. The zero-order valence-corrected chi connectivity index (χ0v) is 9.42. The number of anilines is 1. The molecule has 0 saturated carbocycles. The molecule has 8 nitrogen and oxygen atoms in total. The van der Waals surface area contributed by atoms with Crippen molar-refractivity contribution in [1.29, 1.82) is 0 Å². The Hall–Kier alpha value is -2.38. The zero-order chi connectivity index (χ0) is 13.1. The van der Waals surface area contributed by atoms with Crippen LogP contribution in [0, 0.1) is 0 Å². The lowest BCUT2D eigenvalue weighted by molar-refractivity contribution is -0.137. The van der Waals surface area contributed by atoms with E-state index in [-0.39, 0.29) is 18.4 Å². The first-order chi connectivity index (χ1) is 8.54. The molecule has 2 amide bonds. The predicted molar refractivity (Wildman–Crippen MR) is 59.7 cm³/mol. The third-order valence-corrected chi connectivity index (χ3v) is 2.51. The molecule has 0 spiro atoms. The fraction of sp³-hybridized carbons (Fsp3) is 0.400. The maximum absolute atomic E-state index is 11.7. The van der Waals surface area contributed by atoms with Crippen LogP contribution >= 0.6 is 0 Å². The van der Waals surface area contributed by atoms with Crippen molar-refractivity contribution in [3.05, 3.63) is 12.4 Å². The molecule has 2 rings (SSSR count). The molecule has 1 atom stereocenters. The van der Waals surface area contributed by atoms with Gasteiger partial charge in [0.05, 0.1) is 11.9 Å². The van der Waals surface area contributed by atoms with Crippen LogP contribution in [0.5, 0.6) is 0 Å². The van der Waals surface area contributed by atoms with Crippen molar-refractivity contribution in [2.24, 2.45) is 0 Å². The lowest BCUT2D eigenvalue weighted by Gasteiger charge is -2.08. The summed E-state index contributed by atoms with van der Waals surface area (Å²) in [7, 11) is 0. The summed E-state index contributed by atoms with van der Waals surface area (Å²) in [5.74, 6) is -1.48. The molecule has 2 heterocycles. The van der Waals surface area contributed by atoms with Gasteiger partial charge in [0.1, 0.15) is 12.6 Å². The predicted octanol–water partition coefficient (Wildman–Crippen LogP) is -0.815. The fourth-order valence-electron chi connectivity index (χ4n) is 1.69. The second-order valence-electron chi connectivity index (χ2n) is 3.97. The first-order valence-corrected chi connectivity index (χ1v) is 5.39. The van der Waals surface area contributed by atoms with Gasteiger partial charge < -0.3 is 15.7 Å². The fourth-order valence-corrected chi connectivity index (χ4v) is 1.69. The average Bonchev–Trinajstić information content (AvgIpc) is 2.87. The number of nitrogens with zero attached hydrogens (tertiary/aromatic N) is 2. The van der Waals surface area contributed by atoms with Crippen LogP contribution in [0.15, 0.2) is 12.4 Å². The van der Waals surface area contributed by atoms with Gasteiger partial charge in [-0.2, -0.15) is 5.10 Å². The summed E-state index contributed by atoms with van der Waals surface area (Å²) in [6.07, 6.45) is 3.59. The monoisotopic (exact) mass is 252 g/mol. The van der Waals surface area contributed by atoms with E-state index >= 15 is 0 Å². The third-order valence-electron chi connectivity index (χ3n) is 2.51. The number of carbonyl (C=O) groups is 3. The number of hydrogen-bond donors (Lipinski definition) is 3. The number of amides is 2. The molecule has 3 N–H and O–H groups in total. The number of nitrogens with one attached hydrogen (secondary N) is 2. The molecule has 0 aromatic carbocycles. The highest BCUT2D eigenvalue weighted by molar-refractivity contribution is 5.98. The van der Waals surface area contributed by atoms with E-state index in [9.17, 15) is 14.4 Å². The van der Waals surface area contributed by atoms with Crippen molar-refractivity contribution < 1.29 is 19.5 Å². The van der Waals surface area contributed by atoms with Gasteiger partial charge >= 0.3 is 5.97 Å². The van der Waals surface area contributed by atoms with Gasteiger partial charge in [-0.25, -0.2) is 0 Å². The summed E-state index contributed by atoms with van der Waals surface area (Å²) in [4.78, 5) is 33.1. The van der Waals surface area contributed by atoms with Crippen LogP contribution in [0.2, 0.25) is 0 Å². The molecular formula is C10H12N4O4. The largest absolute Gasteiger partial charge is 0.480 e. The first kappa shape index (κ1) is 12.1. The topological polar surface area (TPSA) is 113 Å². The highest BCUT2D eigenvalue weighted by Gasteiger charge is 2.27. The molecule has 96 valence electrons. The van der Waals surface area contributed by atoms with E-state index in [1.165, 1.54) is 17.1 Å². The molecule has 0 unspecified atom stereocenters. The van der Waals surface area contributed by atoms with Crippen molar-refractivity contribution in [2.45, 2.75) is 25.4 Å². The van der Waals surface area contributed by atoms with Crippen molar-refractivity contribution in [1.82, 2.24) is 15.1 Å². The Bertz CT molecular complexity index is 496. The van der Waals surface area contributed by atoms with Crippen molar-refractivity contribution in [2.75, 3.05) is 5.32 Å². The van der Waals surface area contributed by atoms with Crippen LogP contribution in [0.25, 0.3) is 0 Å². The number of aromatic nitrogens is 2.